The molecule has 0 bridgehead atoms. The summed E-state index contributed by atoms with van der Waals surface area (Å²) in [6.45, 7) is 10.1. The first-order chi connectivity index (χ1) is 16.5. The van der Waals surface area contributed by atoms with Crippen LogP contribution in [0.3, 0.4) is 0 Å². The van der Waals surface area contributed by atoms with Gasteiger partial charge in [-0.1, -0.05) is 43.3 Å². The molecule has 0 amide bonds. The second kappa shape index (κ2) is 9.51. The fourth-order valence-electron chi connectivity index (χ4n) is 5.05. The molecule has 1 saturated heterocycles. The highest BCUT2D eigenvalue weighted by Gasteiger charge is 2.16. The van der Waals surface area contributed by atoms with Crippen molar-refractivity contribution in [2.24, 2.45) is 0 Å². The molecule has 2 aromatic heterocycles. The number of aromatic nitrogens is 3. The molecule has 5 heteroatoms. The normalized spacial score (nSPS) is 14.2. The SMILES string of the molecule is CCc1nc2c(C)cc(C)nc2n1Cc1cccc(C(=O)c2cccc(CN3CCCC3)c2)c1. The molecular formula is C29H32N4O. The van der Waals surface area contributed by atoms with Gasteiger partial charge in [-0.3, -0.25) is 9.69 Å². The minimum absolute atomic E-state index is 0.0705. The molecule has 0 spiro atoms. The quantitative estimate of drug-likeness (QED) is 0.348. The number of pyridine rings is 1. The van der Waals surface area contributed by atoms with Gasteiger partial charge in [0.25, 0.3) is 0 Å². The molecule has 0 radical (unpaired) electrons. The van der Waals surface area contributed by atoms with Crippen LogP contribution in [0.15, 0.2) is 54.6 Å². The maximum absolute atomic E-state index is 13.4. The number of rotatable bonds is 7. The number of nitrogens with zero attached hydrogens (tertiary/aromatic N) is 4. The van der Waals surface area contributed by atoms with Gasteiger partial charge < -0.3 is 4.57 Å². The van der Waals surface area contributed by atoms with Crippen molar-refractivity contribution in [1.29, 1.82) is 0 Å². The van der Waals surface area contributed by atoms with E-state index in [0.29, 0.717) is 6.54 Å². The van der Waals surface area contributed by atoms with Gasteiger partial charge >= 0.3 is 0 Å². The standard InChI is InChI=1S/C29H32N4O/c1-4-26-31-27-20(2)15-21(3)30-29(27)33(26)19-23-10-8-12-25(17-23)28(34)24-11-7-9-22(16-24)18-32-13-5-6-14-32/h7-12,15-17H,4-6,13-14,18-19H2,1-3H3. The first kappa shape index (κ1) is 22.5. The fraction of sp³-hybridized carbons (Fsp3) is 0.345. The number of aryl methyl sites for hydroxylation is 3. The minimum atomic E-state index is 0.0705. The van der Waals surface area contributed by atoms with Crippen molar-refractivity contribution in [1.82, 2.24) is 19.4 Å². The molecule has 0 unspecified atom stereocenters. The third kappa shape index (κ3) is 4.53. The summed E-state index contributed by atoms with van der Waals surface area (Å²) < 4.78 is 2.19. The van der Waals surface area contributed by atoms with Gasteiger partial charge in [0.15, 0.2) is 11.4 Å². The first-order valence-corrected chi connectivity index (χ1v) is 12.3. The first-order valence-electron chi connectivity index (χ1n) is 12.3. The number of carbonyl (C=O) groups is 1. The number of hydrogen-bond donors (Lipinski definition) is 0. The summed E-state index contributed by atoms with van der Waals surface area (Å²) in [5.41, 5.74) is 7.78. The van der Waals surface area contributed by atoms with E-state index >= 15 is 0 Å². The molecule has 3 heterocycles. The summed E-state index contributed by atoms with van der Waals surface area (Å²) in [5.74, 6) is 1.09. The number of likely N-dealkylation sites (tertiary alicyclic amines) is 1. The second-order valence-electron chi connectivity index (χ2n) is 9.43. The average molecular weight is 453 g/mol. The Hall–Kier alpha value is -3.31. The van der Waals surface area contributed by atoms with Crippen molar-refractivity contribution in [3.63, 3.8) is 0 Å². The Morgan fingerprint density at radius 3 is 2.18 bits per heavy atom. The van der Waals surface area contributed by atoms with Crippen LogP contribution in [0.1, 0.15) is 63.9 Å². The van der Waals surface area contributed by atoms with Gasteiger partial charge in [0.2, 0.25) is 0 Å². The lowest BCUT2D eigenvalue weighted by molar-refractivity contribution is 0.103. The molecule has 0 atom stereocenters. The Morgan fingerprint density at radius 2 is 1.53 bits per heavy atom. The average Bonchev–Trinajstić information content (AvgIpc) is 3.47. The molecule has 0 saturated carbocycles. The number of benzene rings is 2. The zero-order valence-electron chi connectivity index (χ0n) is 20.3. The Morgan fingerprint density at radius 1 is 0.882 bits per heavy atom. The van der Waals surface area contributed by atoms with Gasteiger partial charge in [0.1, 0.15) is 11.3 Å². The Labute approximate surface area is 201 Å². The van der Waals surface area contributed by atoms with E-state index in [1.54, 1.807) is 0 Å². The van der Waals surface area contributed by atoms with E-state index < -0.39 is 0 Å². The summed E-state index contributed by atoms with van der Waals surface area (Å²) in [6.07, 6.45) is 3.37. The second-order valence-corrected chi connectivity index (χ2v) is 9.43. The van der Waals surface area contributed by atoms with E-state index in [-0.39, 0.29) is 5.78 Å². The lowest BCUT2D eigenvalue weighted by atomic mass is 9.99. The Bertz CT molecular complexity index is 1350. The van der Waals surface area contributed by atoms with E-state index in [1.165, 1.54) is 18.4 Å². The molecule has 2 aromatic carbocycles. The smallest absolute Gasteiger partial charge is 0.193 e. The highest BCUT2D eigenvalue weighted by atomic mass is 16.1. The molecule has 5 rings (SSSR count). The number of hydrogen-bond acceptors (Lipinski definition) is 4. The van der Waals surface area contributed by atoms with Crippen LogP contribution in [0.25, 0.3) is 11.2 Å². The van der Waals surface area contributed by atoms with Crippen molar-refractivity contribution in [3.05, 3.63) is 93.9 Å². The largest absolute Gasteiger partial charge is 0.308 e. The van der Waals surface area contributed by atoms with Crippen molar-refractivity contribution < 1.29 is 4.79 Å². The number of imidazole rings is 1. The van der Waals surface area contributed by atoms with Crippen LogP contribution in [-0.2, 0) is 19.5 Å². The molecule has 34 heavy (non-hydrogen) atoms. The summed E-state index contributed by atoms with van der Waals surface area (Å²) in [5, 5.41) is 0. The van der Waals surface area contributed by atoms with E-state index in [9.17, 15) is 4.79 Å². The number of fused-ring (bicyclic) bond motifs is 1. The predicted molar refractivity (Wildman–Crippen MR) is 136 cm³/mol. The zero-order valence-corrected chi connectivity index (χ0v) is 20.3. The van der Waals surface area contributed by atoms with Gasteiger partial charge in [-0.15, -0.1) is 0 Å². The Kier molecular flexibility index (Phi) is 6.29. The van der Waals surface area contributed by atoms with Gasteiger partial charge in [0.05, 0.1) is 6.54 Å². The van der Waals surface area contributed by atoms with Crippen LogP contribution in [0.5, 0.6) is 0 Å². The summed E-state index contributed by atoms with van der Waals surface area (Å²) in [4.78, 5) is 25.5. The third-order valence-electron chi connectivity index (χ3n) is 6.74. The van der Waals surface area contributed by atoms with Crippen molar-refractivity contribution in [3.8, 4) is 0 Å². The van der Waals surface area contributed by atoms with Gasteiger partial charge in [-0.05, 0) is 74.7 Å². The van der Waals surface area contributed by atoms with E-state index in [0.717, 1.165) is 71.0 Å². The van der Waals surface area contributed by atoms with E-state index in [2.05, 4.69) is 47.6 Å². The number of carbonyl (C=O) groups excluding carboxylic acids is 1. The summed E-state index contributed by atoms with van der Waals surface area (Å²) >= 11 is 0. The molecule has 1 fully saturated rings. The third-order valence-corrected chi connectivity index (χ3v) is 6.74. The highest BCUT2D eigenvalue weighted by Crippen LogP contribution is 2.22. The topological polar surface area (TPSA) is 51.0 Å². The highest BCUT2D eigenvalue weighted by molar-refractivity contribution is 6.09. The zero-order chi connectivity index (χ0) is 23.7. The van der Waals surface area contributed by atoms with Crippen LogP contribution in [0.4, 0.5) is 0 Å². The van der Waals surface area contributed by atoms with E-state index in [1.807, 2.05) is 37.3 Å². The van der Waals surface area contributed by atoms with Crippen LogP contribution in [0.2, 0.25) is 0 Å². The van der Waals surface area contributed by atoms with Gasteiger partial charge in [-0.2, -0.15) is 0 Å². The fourth-order valence-corrected chi connectivity index (χ4v) is 5.05. The predicted octanol–water partition coefficient (Wildman–Crippen LogP) is 5.49. The maximum atomic E-state index is 13.4. The van der Waals surface area contributed by atoms with Gasteiger partial charge in [0, 0.05) is 29.8 Å². The number of ketones is 1. The Balaban J connectivity index is 1.42. The van der Waals surface area contributed by atoms with E-state index in [4.69, 9.17) is 9.97 Å². The lowest BCUT2D eigenvalue weighted by Crippen LogP contribution is -2.18. The molecule has 1 aliphatic heterocycles. The minimum Gasteiger partial charge on any atom is -0.308 e. The molecule has 4 aromatic rings. The monoisotopic (exact) mass is 452 g/mol. The molecule has 5 nitrogen and oxygen atoms in total. The van der Waals surface area contributed by atoms with Crippen LogP contribution >= 0.6 is 0 Å². The van der Waals surface area contributed by atoms with Crippen molar-refractivity contribution >= 4 is 16.9 Å². The van der Waals surface area contributed by atoms with Crippen LogP contribution in [0, 0.1) is 13.8 Å². The van der Waals surface area contributed by atoms with Crippen LogP contribution < -0.4 is 0 Å². The molecular weight excluding hydrogens is 420 g/mol. The summed E-state index contributed by atoms with van der Waals surface area (Å²) in [6, 6.07) is 18.2. The van der Waals surface area contributed by atoms with Crippen molar-refractivity contribution in [2.45, 2.75) is 53.1 Å². The maximum Gasteiger partial charge on any atom is 0.193 e. The van der Waals surface area contributed by atoms with Gasteiger partial charge in [-0.25, -0.2) is 9.97 Å². The molecule has 0 aliphatic carbocycles. The van der Waals surface area contributed by atoms with Crippen LogP contribution in [-0.4, -0.2) is 38.3 Å². The van der Waals surface area contributed by atoms with Crippen molar-refractivity contribution in [2.75, 3.05) is 13.1 Å². The molecule has 174 valence electrons. The lowest BCUT2D eigenvalue weighted by Gasteiger charge is -2.15. The summed E-state index contributed by atoms with van der Waals surface area (Å²) in [7, 11) is 0. The molecule has 0 N–H and O–H groups in total. The molecule has 1 aliphatic rings.